The molecule has 1 amide bonds. The van der Waals surface area contributed by atoms with Crippen molar-refractivity contribution in [3.05, 3.63) is 23.7 Å². The standard InChI is InChI=1S/C13H20N4O2/c1-2-15-13(16-7-9-3-4-9)17-8-10-5-6-11(19-10)12(14)18/h5-6,9H,2-4,7-8H2,1H3,(H2,14,18)(H2,15,16,17). The SMILES string of the molecule is CCNC(=NCc1ccc(C(N)=O)o1)NCC1CC1. The van der Waals surface area contributed by atoms with Crippen LogP contribution in [0.25, 0.3) is 0 Å². The largest absolute Gasteiger partial charge is 0.454 e. The second-order valence-corrected chi connectivity index (χ2v) is 4.65. The molecule has 0 aliphatic heterocycles. The first-order valence-electron chi connectivity index (χ1n) is 6.59. The van der Waals surface area contributed by atoms with E-state index in [2.05, 4.69) is 15.6 Å². The second kappa shape index (κ2) is 6.26. The van der Waals surface area contributed by atoms with Gasteiger partial charge in [0.05, 0.1) is 0 Å². The van der Waals surface area contributed by atoms with Gasteiger partial charge in [0, 0.05) is 13.1 Å². The second-order valence-electron chi connectivity index (χ2n) is 4.65. The van der Waals surface area contributed by atoms with E-state index in [4.69, 9.17) is 10.2 Å². The third-order valence-electron chi connectivity index (χ3n) is 2.90. The highest BCUT2D eigenvalue weighted by atomic mass is 16.3. The Morgan fingerprint density at radius 2 is 2.26 bits per heavy atom. The number of amides is 1. The number of hydrogen-bond donors (Lipinski definition) is 3. The van der Waals surface area contributed by atoms with Crippen molar-refractivity contribution < 1.29 is 9.21 Å². The normalized spacial score (nSPS) is 15.3. The quantitative estimate of drug-likeness (QED) is 0.524. The molecule has 1 saturated carbocycles. The molecule has 0 saturated heterocycles. The molecule has 19 heavy (non-hydrogen) atoms. The fourth-order valence-electron chi connectivity index (χ4n) is 1.66. The minimum absolute atomic E-state index is 0.168. The predicted octanol–water partition coefficient (Wildman–Crippen LogP) is 0.844. The molecular formula is C13H20N4O2. The van der Waals surface area contributed by atoms with Gasteiger partial charge in [0.1, 0.15) is 12.3 Å². The van der Waals surface area contributed by atoms with Crippen molar-refractivity contribution in [2.24, 2.45) is 16.6 Å². The van der Waals surface area contributed by atoms with Gasteiger partial charge in [0.15, 0.2) is 11.7 Å². The summed E-state index contributed by atoms with van der Waals surface area (Å²) in [7, 11) is 0. The van der Waals surface area contributed by atoms with Crippen LogP contribution in [0.4, 0.5) is 0 Å². The van der Waals surface area contributed by atoms with Gasteiger partial charge in [-0.3, -0.25) is 4.79 Å². The summed E-state index contributed by atoms with van der Waals surface area (Å²) in [6.45, 7) is 4.16. The van der Waals surface area contributed by atoms with E-state index in [-0.39, 0.29) is 5.76 Å². The van der Waals surface area contributed by atoms with Gasteiger partial charge in [-0.1, -0.05) is 0 Å². The van der Waals surface area contributed by atoms with Crippen molar-refractivity contribution in [3.8, 4) is 0 Å². The molecule has 1 aromatic rings. The number of furan rings is 1. The van der Waals surface area contributed by atoms with E-state index in [9.17, 15) is 4.79 Å². The number of carbonyl (C=O) groups is 1. The van der Waals surface area contributed by atoms with E-state index in [0.717, 1.165) is 25.0 Å². The van der Waals surface area contributed by atoms with E-state index in [1.54, 1.807) is 12.1 Å². The Morgan fingerprint density at radius 1 is 1.47 bits per heavy atom. The molecule has 0 spiro atoms. The lowest BCUT2D eigenvalue weighted by atomic mass is 10.4. The first-order chi connectivity index (χ1) is 9.19. The van der Waals surface area contributed by atoms with Crippen molar-refractivity contribution in [2.75, 3.05) is 13.1 Å². The number of nitrogens with zero attached hydrogens (tertiary/aromatic N) is 1. The molecule has 4 N–H and O–H groups in total. The number of rotatable bonds is 6. The molecule has 0 bridgehead atoms. The van der Waals surface area contributed by atoms with Gasteiger partial charge in [-0.25, -0.2) is 4.99 Å². The monoisotopic (exact) mass is 264 g/mol. The van der Waals surface area contributed by atoms with Crippen LogP contribution in [-0.2, 0) is 6.54 Å². The van der Waals surface area contributed by atoms with Crippen LogP contribution >= 0.6 is 0 Å². The number of nitrogens with two attached hydrogens (primary N) is 1. The van der Waals surface area contributed by atoms with E-state index in [0.29, 0.717) is 12.3 Å². The molecule has 2 rings (SSSR count). The zero-order valence-corrected chi connectivity index (χ0v) is 11.1. The number of nitrogens with one attached hydrogen (secondary N) is 2. The molecule has 0 unspecified atom stereocenters. The molecule has 6 nitrogen and oxygen atoms in total. The number of carbonyl (C=O) groups excluding carboxylic acids is 1. The van der Waals surface area contributed by atoms with Crippen molar-refractivity contribution in [3.63, 3.8) is 0 Å². The molecule has 1 aliphatic carbocycles. The molecule has 1 heterocycles. The van der Waals surface area contributed by atoms with Crippen LogP contribution in [0, 0.1) is 5.92 Å². The number of hydrogen-bond acceptors (Lipinski definition) is 3. The van der Waals surface area contributed by atoms with Gasteiger partial charge >= 0.3 is 0 Å². The average Bonchev–Trinajstić information content (AvgIpc) is 3.08. The molecule has 1 aromatic heterocycles. The van der Waals surface area contributed by atoms with Crippen molar-refractivity contribution in [1.82, 2.24) is 10.6 Å². The van der Waals surface area contributed by atoms with E-state index in [1.807, 2.05) is 6.92 Å². The number of aliphatic imine (C=N–C) groups is 1. The van der Waals surface area contributed by atoms with E-state index >= 15 is 0 Å². The Labute approximate surface area is 112 Å². The summed E-state index contributed by atoms with van der Waals surface area (Å²) in [6, 6.07) is 3.28. The minimum Gasteiger partial charge on any atom is -0.454 e. The summed E-state index contributed by atoms with van der Waals surface area (Å²) in [4.78, 5) is 15.3. The molecule has 1 aliphatic rings. The van der Waals surface area contributed by atoms with Gasteiger partial charge in [-0.2, -0.15) is 0 Å². The molecule has 6 heteroatoms. The van der Waals surface area contributed by atoms with Crippen LogP contribution in [0.1, 0.15) is 36.1 Å². The summed E-state index contributed by atoms with van der Waals surface area (Å²) >= 11 is 0. The lowest BCUT2D eigenvalue weighted by Crippen LogP contribution is -2.38. The van der Waals surface area contributed by atoms with Gasteiger partial charge in [0.25, 0.3) is 5.91 Å². The Bertz CT molecular complexity index is 463. The maximum Gasteiger partial charge on any atom is 0.284 e. The van der Waals surface area contributed by atoms with Gasteiger partial charge in [-0.15, -0.1) is 0 Å². The van der Waals surface area contributed by atoms with Crippen LogP contribution in [0.15, 0.2) is 21.5 Å². The summed E-state index contributed by atoms with van der Waals surface area (Å²) in [5.74, 6) is 1.79. The minimum atomic E-state index is -0.561. The molecular weight excluding hydrogens is 244 g/mol. The Hall–Kier alpha value is -1.98. The highest BCUT2D eigenvalue weighted by Gasteiger charge is 2.21. The van der Waals surface area contributed by atoms with Gasteiger partial charge in [-0.05, 0) is 37.8 Å². The molecule has 0 radical (unpaired) electrons. The third kappa shape index (κ3) is 4.31. The maximum atomic E-state index is 10.9. The lowest BCUT2D eigenvalue weighted by molar-refractivity contribution is 0.0972. The first-order valence-corrected chi connectivity index (χ1v) is 6.59. The predicted molar refractivity (Wildman–Crippen MR) is 72.8 cm³/mol. The van der Waals surface area contributed by atoms with Crippen LogP contribution in [-0.4, -0.2) is 25.0 Å². The smallest absolute Gasteiger partial charge is 0.284 e. The summed E-state index contributed by atoms with van der Waals surface area (Å²) in [5.41, 5.74) is 5.13. The van der Waals surface area contributed by atoms with Gasteiger partial charge < -0.3 is 20.8 Å². The maximum absolute atomic E-state index is 10.9. The number of primary amides is 1. The fraction of sp³-hybridized carbons (Fsp3) is 0.538. The summed E-state index contributed by atoms with van der Waals surface area (Å²) < 4.78 is 5.27. The Morgan fingerprint density at radius 3 is 2.84 bits per heavy atom. The van der Waals surface area contributed by atoms with E-state index in [1.165, 1.54) is 12.8 Å². The van der Waals surface area contributed by atoms with E-state index < -0.39 is 5.91 Å². The molecule has 0 aromatic carbocycles. The Balaban J connectivity index is 1.89. The fourth-order valence-corrected chi connectivity index (χ4v) is 1.66. The highest BCUT2D eigenvalue weighted by molar-refractivity contribution is 5.89. The molecule has 1 fully saturated rings. The highest BCUT2D eigenvalue weighted by Crippen LogP contribution is 2.27. The summed E-state index contributed by atoms with van der Waals surface area (Å²) in [6.07, 6.45) is 2.60. The van der Waals surface area contributed by atoms with Crippen molar-refractivity contribution in [2.45, 2.75) is 26.3 Å². The van der Waals surface area contributed by atoms with Crippen molar-refractivity contribution in [1.29, 1.82) is 0 Å². The van der Waals surface area contributed by atoms with Crippen molar-refractivity contribution >= 4 is 11.9 Å². The third-order valence-corrected chi connectivity index (χ3v) is 2.90. The average molecular weight is 264 g/mol. The number of guanidine groups is 1. The van der Waals surface area contributed by atoms with Crippen LogP contribution < -0.4 is 16.4 Å². The molecule has 0 atom stereocenters. The topological polar surface area (TPSA) is 92.6 Å². The lowest BCUT2D eigenvalue weighted by Gasteiger charge is -2.10. The zero-order chi connectivity index (χ0) is 13.7. The first kappa shape index (κ1) is 13.5. The zero-order valence-electron chi connectivity index (χ0n) is 11.1. The van der Waals surface area contributed by atoms with Crippen LogP contribution in [0.5, 0.6) is 0 Å². The van der Waals surface area contributed by atoms with Crippen LogP contribution in [0.3, 0.4) is 0 Å². The van der Waals surface area contributed by atoms with Crippen LogP contribution in [0.2, 0.25) is 0 Å². The van der Waals surface area contributed by atoms with Gasteiger partial charge in [0.2, 0.25) is 0 Å². The Kier molecular flexibility index (Phi) is 4.43. The summed E-state index contributed by atoms with van der Waals surface area (Å²) in [5, 5.41) is 6.46. The molecule has 104 valence electrons.